The van der Waals surface area contributed by atoms with Crippen molar-refractivity contribution in [1.29, 1.82) is 0 Å². The van der Waals surface area contributed by atoms with Crippen LogP contribution in [0, 0.1) is 11.6 Å². The summed E-state index contributed by atoms with van der Waals surface area (Å²) in [7, 11) is 1.57. The van der Waals surface area contributed by atoms with Crippen LogP contribution >= 0.6 is 0 Å². The number of ether oxygens (including phenoxy) is 1. The van der Waals surface area contributed by atoms with Crippen LogP contribution in [0.15, 0.2) is 58.3 Å². The van der Waals surface area contributed by atoms with E-state index < -0.39 is 22.0 Å². The summed E-state index contributed by atoms with van der Waals surface area (Å²) in [5, 5.41) is 4.25. The Labute approximate surface area is 148 Å². The minimum Gasteiger partial charge on any atom is -0.497 e. The van der Waals surface area contributed by atoms with Crippen molar-refractivity contribution in [2.24, 2.45) is 10.1 Å². The predicted molar refractivity (Wildman–Crippen MR) is 94.7 cm³/mol. The number of halogens is 2. The highest BCUT2D eigenvalue weighted by Gasteiger charge is 2.55. The first kappa shape index (κ1) is 16.3. The van der Waals surface area contributed by atoms with Crippen LogP contribution in [-0.2, 0) is 4.79 Å². The van der Waals surface area contributed by atoms with Crippen molar-refractivity contribution in [2.75, 3.05) is 7.11 Å². The number of fused-ring (bicyclic) bond motifs is 1. The van der Waals surface area contributed by atoms with Crippen LogP contribution in [0.4, 0.5) is 14.5 Å². The molecule has 26 heavy (non-hydrogen) atoms. The number of Topliss-reactive ketones (excluding diaryl/α,β-unsaturated/α-hetero) is 1. The van der Waals surface area contributed by atoms with E-state index in [-0.39, 0.29) is 11.5 Å². The monoisotopic (exact) mass is 354 g/mol. The number of methoxy groups -OCH3 is 1. The van der Waals surface area contributed by atoms with Gasteiger partial charge < -0.3 is 4.74 Å². The minimum absolute atomic E-state index is 0.0493. The SMILES string of the molecule is COc1ccc(C2=C(C)[N+]3(c4ccc(F)cc4F)N=CC(=O)C3=N2)cc1. The van der Waals surface area contributed by atoms with Gasteiger partial charge in [0.1, 0.15) is 23.5 Å². The van der Waals surface area contributed by atoms with E-state index in [1.165, 1.54) is 6.07 Å². The van der Waals surface area contributed by atoms with Crippen LogP contribution in [-0.4, -0.2) is 24.9 Å². The fraction of sp³-hybridized carbons (Fsp3) is 0.105. The van der Waals surface area contributed by atoms with Crippen molar-refractivity contribution < 1.29 is 18.3 Å². The van der Waals surface area contributed by atoms with Gasteiger partial charge in [0.05, 0.1) is 7.11 Å². The molecule has 2 aliphatic heterocycles. The third-order valence-electron chi connectivity index (χ3n) is 4.54. The molecule has 0 radical (unpaired) electrons. The molecule has 0 saturated heterocycles. The van der Waals surface area contributed by atoms with Gasteiger partial charge in [-0.15, -0.1) is 0 Å². The molecule has 0 spiro atoms. The summed E-state index contributed by atoms with van der Waals surface area (Å²) in [5.41, 5.74) is 1.87. The van der Waals surface area contributed by atoms with Gasteiger partial charge in [-0.3, -0.25) is 4.79 Å². The van der Waals surface area contributed by atoms with E-state index in [1.807, 2.05) is 0 Å². The normalized spacial score (nSPS) is 21.2. The number of nitrogens with zero attached hydrogens (tertiary/aromatic N) is 3. The first-order valence-electron chi connectivity index (χ1n) is 7.87. The zero-order valence-electron chi connectivity index (χ0n) is 14.0. The molecule has 130 valence electrons. The summed E-state index contributed by atoms with van der Waals surface area (Å²) in [4.78, 5) is 16.7. The Morgan fingerprint density at radius 3 is 2.46 bits per heavy atom. The lowest BCUT2D eigenvalue weighted by Crippen LogP contribution is -2.45. The van der Waals surface area contributed by atoms with Crippen LogP contribution in [0.2, 0.25) is 0 Å². The molecule has 0 N–H and O–H groups in total. The molecule has 2 aromatic carbocycles. The third-order valence-corrected chi connectivity index (χ3v) is 4.54. The number of rotatable bonds is 3. The standard InChI is InChI=1S/C19H14F2N3O2/c1-11-18(12-3-6-14(26-2)7-4-12)23-19-17(25)10-22-24(11,19)16-8-5-13(20)9-15(16)21/h3-10H,1-2H3/q+1. The van der Waals surface area contributed by atoms with Gasteiger partial charge in [-0.1, -0.05) is 9.69 Å². The summed E-state index contributed by atoms with van der Waals surface area (Å²) in [6, 6.07) is 10.3. The summed E-state index contributed by atoms with van der Waals surface area (Å²) in [6.07, 6.45) is 1.12. The average molecular weight is 354 g/mol. The first-order valence-corrected chi connectivity index (χ1v) is 7.87. The molecule has 0 aliphatic carbocycles. The van der Waals surface area contributed by atoms with E-state index in [4.69, 9.17) is 4.74 Å². The smallest absolute Gasteiger partial charge is 0.315 e. The third kappa shape index (κ3) is 2.14. The van der Waals surface area contributed by atoms with Crippen molar-refractivity contribution in [2.45, 2.75) is 6.92 Å². The van der Waals surface area contributed by atoms with Crippen LogP contribution in [0.25, 0.3) is 5.70 Å². The molecule has 2 aliphatic rings. The maximum absolute atomic E-state index is 14.5. The van der Waals surface area contributed by atoms with Crippen molar-refractivity contribution >= 4 is 29.2 Å². The molecule has 4 rings (SSSR count). The van der Waals surface area contributed by atoms with E-state index in [9.17, 15) is 13.6 Å². The fourth-order valence-electron chi connectivity index (χ4n) is 3.25. The molecule has 2 heterocycles. The molecule has 0 aromatic heterocycles. The molecule has 0 bridgehead atoms. The van der Waals surface area contributed by atoms with Gasteiger partial charge in [0, 0.05) is 24.6 Å². The number of hydrogen-bond donors (Lipinski definition) is 0. The molecular formula is C19H14F2N3O2+. The van der Waals surface area contributed by atoms with Crippen LogP contribution < -0.4 is 9.33 Å². The Morgan fingerprint density at radius 2 is 1.81 bits per heavy atom. The number of benzene rings is 2. The average Bonchev–Trinajstić information content (AvgIpc) is 3.11. The summed E-state index contributed by atoms with van der Waals surface area (Å²) >= 11 is 0. The second-order valence-corrected chi connectivity index (χ2v) is 5.94. The zero-order chi connectivity index (χ0) is 18.5. The number of amidine groups is 1. The van der Waals surface area contributed by atoms with Crippen LogP contribution in [0.1, 0.15) is 12.5 Å². The maximum Gasteiger partial charge on any atom is 0.315 e. The fourth-order valence-corrected chi connectivity index (χ4v) is 3.25. The number of hydrogen-bond acceptors (Lipinski definition) is 4. The number of carbonyl (C=O) groups excluding carboxylic acids is 1. The van der Waals surface area contributed by atoms with E-state index in [2.05, 4.69) is 10.1 Å². The lowest BCUT2D eigenvalue weighted by molar-refractivity contribution is -0.107. The lowest BCUT2D eigenvalue weighted by Gasteiger charge is -2.24. The summed E-state index contributed by atoms with van der Waals surface area (Å²) in [5.74, 6) is -1.15. The Bertz CT molecular complexity index is 1030. The molecule has 2 aromatic rings. The zero-order valence-corrected chi connectivity index (χ0v) is 14.0. The Balaban J connectivity index is 1.93. The highest BCUT2D eigenvalue weighted by atomic mass is 19.1. The molecule has 0 amide bonds. The van der Waals surface area contributed by atoms with Gasteiger partial charge in [0.2, 0.25) is 5.69 Å². The van der Waals surface area contributed by atoms with Gasteiger partial charge in [-0.05, 0) is 30.3 Å². The topological polar surface area (TPSA) is 51.0 Å². The van der Waals surface area contributed by atoms with E-state index in [0.717, 1.165) is 23.9 Å². The van der Waals surface area contributed by atoms with Crippen molar-refractivity contribution in [1.82, 2.24) is 4.59 Å². The second-order valence-electron chi connectivity index (χ2n) is 5.94. The molecule has 0 saturated carbocycles. The highest BCUT2D eigenvalue weighted by molar-refractivity contribution is 6.65. The highest BCUT2D eigenvalue weighted by Crippen LogP contribution is 2.43. The largest absolute Gasteiger partial charge is 0.497 e. The first-order chi connectivity index (χ1) is 12.5. The maximum atomic E-state index is 14.5. The Kier molecular flexibility index (Phi) is 3.55. The number of quaternary nitrogens is 1. The summed E-state index contributed by atoms with van der Waals surface area (Å²) < 4.78 is 32.5. The Hall–Kier alpha value is -3.19. The van der Waals surface area contributed by atoms with Crippen molar-refractivity contribution in [3.8, 4) is 5.75 Å². The van der Waals surface area contributed by atoms with Gasteiger partial charge in [0.15, 0.2) is 11.5 Å². The van der Waals surface area contributed by atoms with E-state index >= 15 is 0 Å². The van der Waals surface area contributed by atoms with Gasteiger partial charge >= 0.3 is 5.84 Å². The quantitative estimate of drug-likeness (QED) is 0.790. The van der Waals surface area contributed by atoms with E-state index in [1.54, 1.807) is 38.3 Å². The van der Waals surface area contributed by atoms with Gasteiger partial charge in [-0.2, -0.15) is 4.99 Å². The van der Waals surface area contributed by atoms with Crippen molar-refractivity contribution in [3.63, 3.8) is 0 Å². The number of ketones is 1. The van der Waals surface area contributed by atoms with E-state index in [0.29, 0.717) is 17.1 Å². The predicted octanol–water partition coefficient (Wildman–Crippen LogP) is 3.65. The second kappa shape index (κ2) is 5.67. The van der Waals surface area contributed by atoms with Gasteiger partial charge in [-0.25, -0.2) is 8.78 Å². The number of aliphatic imine (C=N–C) groups is 1. The molecule has 5 nitrogen and oxygen atoms in total. The number of carbonyl (C=O) groups is 1. The van der Waals surface area contributed by atoms with Crippen LogP contribution in [0.3, 0.4) is 0 Å². The molecule has 1 atom stereocenters. The molecule has 0 fully saturated rings. The molecule has 7 heteroatoms. The van der Waals surface area contributed by atoms with Crippen molar-refractivity contribution in [3.05, 3.63) is 65.4 Å². The summed E-state index contributed by atoms with van der Waals surface area (Å²) in [6.45, 7) is 1.73. The minimum atomic E-state index is -0.792. The Morgan fingerprint density at radius 1 is 1.08 bits per heavy atom. The molecular weight excluding hydrogens is 340 g/mol. The van der Waals surface area contributed by atoms with Crippen LogP contribution in [0.5, 0.6) is 5.75 Å². The van der Waals surface area contributed by atoms with Gasteiger partial charge in [0.25, 0.3) is 5.78 Å². The number of allylic oxidation sites excluding steroid dienone is 1. The lowest BCUT2D eigenvalue weighted by atomic mass is 10.1. The molecule has 1 unspecified atom stereocenters.